The fourth-order valence-corrected chi connectivity index (χ4v) is 4.72. The quantitative estimate of drug-likeness (QED) is 0.383. The summed E-state index contributed by atoms with van der Waals surface area (Å²) in [5.74, 6) is 0.360. The van der Waals surface area contributed by atoms with Crippen LogP contribution in [0.5, 0.6) is 0 Å². The molecule has 166 valence electrons. The first-order chi connectivity index (χ1) is 15.9. The van der Waals surface area contributed by atoms with Gasteiger partial charge < -0.3 is 5.32 Å². The second-order valence-electron chi connectivity index (χ2n) is 7.33. The van der Waals surface area contributed by atoms with Gasteiger partial charge in [-0.05, 0) is 53.6 Å². The molecule has 2 heterocycles. The van der Waals surface area contributed by atoms with Crippen LogP contribution in [0.15, 0.2) is 89.8 Å². The van der Waals surface area contributed by atoms with Crippen LogP contribution in [0.3, 0.4) is 0 Å². The highest BCUT2D eigenvalue weighted by Crippen LogP contribution is 2.34. The number of halogens is 2. The summed E-state index contributed by atoms with van der Waals surface area (Å²) in [4.78, 5) is 4.53. The first-order valence-electron chi connectivity index (χ1n) is 9.94. The molecule has 0 aliphatic carbocycles. The second kappa shape index (κ2) is 8.55. The summed E-state index contributed by atoms with van der Waals surface area (Å²) in [6.45, 7) is 0. The average Bonchev–Trinajstić information content (AvgIpc) is 3.22. The van der Waals surface area contributed by atoms with Crippen molar-refractivity contribution in [2.24, 2.45) is 0 Å². The van der Waals surface area contributed by atoms with Gasteiger partial charge in [0.1, 0.15) is 6.04 Å². The van der Waals surface area contributed by atoms with Crippen molar-refractivity contribution in [3.8, 4) is 0 Å². The van der Waals surface area contributed by atoms with E-state index in [-0.39, 0.29) is 16.9 Å². The van der Waals surface area contributed by atoms with Gasteiger partial charge >= 0.3 is 0 Å². The summed E-state index contributed by atoms with van der Waals surface area (Å²) in [6, 6.07) is 22.5. The van der Waals surface area contributed by atoms with Crippen molar-refractivity contribution >= 4 is 50.8 Å². The lowest BCUT2D eigenvalue weighted by Crippen LogP contribution is -2.20. The van der Waals surface area contributed by atoms with Crippen molar-refractivity contribution in [2.75, 3.05) is 10.0 Å². The van der Waals surface area contributed by atoms with Crippen LogP contribution in [0.1, 0.15) is 17.2 Å². The van der Waals surface area contributed by atoms with Crippen LogP contribution >= 0.6 is 23.2 Å². The van der Waals surface area contributed by atoms with Gasteiger partial charge in [0.15, 0.2) is 0 Å². The minimum absolute atomic E-state index is 0.0360. The summed E-state index contributed by atoms with van der Waals surface area (Å²) in [7, 11) is -3.84. The summed E-state index contributed by atoms with van der Waals surface area (Å²) >= 11 is 12.1. The van der Waals surface area contributed by atoms with Crippen LogP contribution in [0.25, 0.3) is 5.70 Å². The monoisotopic (exact) mass is 497 g/mol. The molecule has 1 atom stereocenters. The van der Waals surface area contributed by atoms with Crippen LogP contribution in [0.2, 0.25) is 10.0 Å². The molecule has 1 aliphatic heterocycles. The van der Waals surface area contributed by atoms with E-state index >= 15 is 0 Å². The largest absolute Gasteiger partial charge is 0.324 e. The molecule has 2 N–H and O–H groups in total. The number of nitrogens with one attached hydrogen (secondary N) is 2. The maximum absolute atomic E-state index is 12.8. The topological polar surface area (TPSA) is 88.9 Å². The number of hydrogen-bond acceptors (Lipinski definition) is 5. The third-order valence-corrected chi connectivity index (χ3v) is 6.96. The maximum Gasteiger partial charge on any atom is 0.264 e. The Bertz CT molecular complexity index is 1430. The number of hydrogen-bond donors (Lipinski definition) is 2. The smallest absolute Gasteiger partial charge is 0.264 e. The van der Waals surface area contributed by atoms with Crippen molar-refractivity contribution in [2.45, 2.75) is 10.9 Å². The van der Waals surface area contributed by atoms with Crippen molar-refractivity contribution < 1.29 is 8.42 Å². The zero-order chi connectivity index (χ0) is 23.0. The molecule has 0 amide bonds. The van der Waals surface area contributed by atoms with Gasteiger partial charge in [-0.25, -0.2) is 17.8 Å². The van der Waals surface area contributed by atoms with E-state index in [2.05, 4.69) is 20.1 Å². The number of sulfonamides is 1. The summed E-state index contributed by atoms with van der Waals surface area (Å²) in [5, 5.41) is 8.92. The number of allylic oxidation sites excluding steroid dienone is 1. The molecule has 7 nitrogen and oxygen atoms in total. The molecule has 0 radical (unpaired) electrons. The number of rotatable bonds is 5. The lowest BCUT2D eigenvalue weighted by atomic mass is 10.0. The average molecular weight is 498 g/mol. The zero-order valence-corrected chi connectivity index (χ0v) is 19.3. The van der Waals surface area contributed by atoms with Crippen LogP contribution in [-0.2, 0) is 10.0 Å². The molecule has 0 saturated carbocycles. The number of fused-ring (bicyclic) bond motifs is 1. The molecular weight excluding hydrogens is 481 g/mol. The highest BCUT2D eigenvalue weighted by molar-refractivity contribution is 7.92. The van der Waals surface area contributed by atoms with E-state index in [9.17, 15) is 8.42 Å². The Kier molecular flexibility index (Phi) is 5.57. The van der Waals surface area contributed by atoms with E-state index in [1.165, 1.54) is 12.1 Å². The predicted molar refractivity (Wildman–Crippen MR) is 130 cm³/mol. The fraction of sp³-hybridized carbons (Fsp3) is 0.0435. The first-order valence-corrected chi connectivity index (χ1v) is 12.2. The van der Waals surface area contributed by atoms with Crippen LogP contribution in [0, 0.1) is 0 Å². The Morgan fingerprint density at radius 1 is 0.879 bits per heavy atom. The highest BCUT2D eigenvalue weighted by Gasteiger charge is 2.27. The SMILES string of the molecule is O=S(=O)(Nc1nc2n(n1)[C@H](c1ccc(Cl)cc1)C=C(c1ccc(Cl)cc1)N2)c1ccccc1. The molecule has 0 spiro atoms. The van der Waals surface area contributed by atoms with E-state index in [4.69, 9.17) is 23.2 Å². The van der Waals surface area contributed by atoms with Crippen LogP contribution in [0.4, 0.5) is 11.9 Å². The third kappa shape index (κ3) is 4.45. The molecule has 1 aliphatic rings. The summed E-state index contributed by atoms with van der Waals surface area (Å²) < 4.78 is 29.6. The summed E-state index contributed by atoms with van der Waals surface area (Å²) in [6.07, 6.45) is 1.99. The van der Waals surface area contributed by atoms with Gasteiger partial charge in [0, 0.05) is 15.7 Å². The molecule has 0 unspecified atom stereocenters. The second-order valence-corrected chi connectivity index (χ2v) is 9.89. The minimum atomic E-state index is -3.84. The molecule has 0 fully saturated rings. The van der Waals surface area contributed by atoms with E-state index < -0.39 is 10.0 Å². The molecule has 5 rings (SSSR count). The molecular formula is C23H17Cl2N5O2S. The Morgan fingerprint density at radius 3 is 2.18 bits per heavy atom. The number of benzene rings is 3. The van der Waals surface area contributed by atoms with Crippen LogP contribution < -0.4 is 10.0 Å². The normalized spacial score (nSPS) is 15.3. The van der Waals surface area contributed by atoms with E-state index in [0.29, 0.717) is 16.0 Å². The molecule has 10 heteroatoms. The van der Waals surface area contributed by atoms with E-state index in [1.807, 2.05) is 30.3 Å². The number of anilines is 2. The Balaban J connectivity index is 1.54. The lowest BCUT2D eigenvalue weighted by Gasteiger charge is -2.24. The minimum Gasteiger partial charge on any atom is -0.324 e. The van der Waals surface area contributed by atoms with Gasteiger partial charge in [-0.15, -0.1) is 5.10 Å². The standard InChI is InChI=1S/C23H17Cl2N5O2S/c24-17-10-6-15(7-11-17)20-14-21(16-8-12-18(25)13-9-16)30-23(26-20)27-22(28-30)29-33(31,32)19-4-2-1-3-5-19/h1-14,21H,(H2,26,27,28,29)/t21-/m0/s1. The predicted octanol–water partition coefficient (Wildman–Crippen LogP) is 5.44. The van der Waals surface area contributed by atoms with Gasteiger partial charge in [0.05, 0.1) is 4.90 Å². The van der Waals surface area contributed by atoms with Crippen molar-refractivity contribution in [1.29, 1.82) is 0 Å². The van der Waals surface area contributed by atoms with Crippen molar-refractivity contribution in [1.82, 2.24) is 14.8 Å². The Morgan fingerprint density at radius 2 is 1.52 bits per heavy atom. The van der Waals surface area contributed by atoms with Gasteiger partial charge in [0.25, 0.3) is 16.0 Å². The van der Waals surface area contributed by atoms with Crippen LogP contribution in [-0.4, -0.2) is 23.2 Å². The van der Waals surface area contributed by atoms with Gasteiger partial charge in [-0.2, -0.15) is 4.98 Å². The van der Waals surface area contributed by atoms with Crippen molar-refractivity contribution in [3.05, 3.63) is 106 Å². The highest BCUT2D eigenvalue weighted by atomic mass is 35.5. The molecule has 1 aromatic heterocycles. The molecule has 4 aromatic rings. The summed E-state index contributed by atoms with van der Waals surface area (Å²) in [5.41, 5.74) is 2.61. The zero-order valence-electron chi connectivity index (χ0n) is 17.0. The van der Waals surface area contributed by atoms with Gasteiger partial charge in [-0.3, -0.25) is 0 Å². The van der Waals surface area contributed by atoms with Gasteiger partial charge in [-0.1, -0.05) is 65.7 Å². The first kappa shape index (κ1) is 21.5. The van der Waals surface area contributed by atoms with E-state index in [1.54, 1.807) is 47.1 Å². The molecule has 0 saturated heterocycles. The Labute approximate surface area is 200 Å². The van der Waals surface area contributed by atoms with Crippen molar-refractivity contribution in [3.63, 3.8) is 0 Å². The number of aromatic nitrogens is 3. The maximum atomic E-state index is 12.8. The van der Waals surface area contributed by atoms with Gasteiger partial charge in [0.2, 0.25) is 5.95 Å². The lowest BCUT2D eigenvalue weighted by molar-refractivity contribution is 0.598. The fourth-order valence-electron chi connectivity index (χ4n) is 3.51. The Hall–Kier alpha value is -3.33. The molecule has 0 bridgehead atoms. The van der Waals surface area contributed by atoms with E-state index in [0.717, 1.165) is 16.8 Å². The third-order valence-electron chi connectivity index (χ3n) is 5.11. The molecule has 3 aromatic carbocycles. The number of nitrogens with zero attached hydrogens (tertiary/aromatic N) is 3. The molecule has 33 heavy (non-hydrogen) atoms.